The third-order valence-electron chi connectivity index (χ3n) is 1.36. The Morgan fingerprint density at radius 3 is 2.62 bits per heavy atom. The zero-order chi connectivity index (χ0) is 10.0. The molecule has 0 spiro atoms. The van der Waals surface area contributed by atoms with E-state index in [0.29, 0.717) is 0 Å². The van der Waals surface area contributed by atoms with E-state index in [-0.39, 0.29) is 10.6 Å². The van der Waals surface area contributed by atoms with E-state index in [4.69, 9.17) is 17.3 Å². The van der Waals surface area contributed by atoms with Gasteiger partial charge in [-0.1, -0.05) is 11.6 Å². The summed E-state index contributed by atoms with van der Waals surface area (Å²) in [6.07, 6.45) is -1.79. The van der Waals surface area contributed by atoms with Gasteiger partial charge in [-0.15, -0.1) is 0 Å². The van der Waals surface area contributed by atoms with Crippen LogP contribution in [0.2, 0.25) is 5.02 Å². The highest BCUT2D eigenvalue weighted by Crippen LogP contribution is 2.24. The Balaban J connectivity index is 3.13. The lowest BCUT2D eigenvalue weighted by atomic mass is 10.2. The van der Waals surface area contributed by atoms with Gasteiger partial charge in [-0.3, -0.25) is 9.78 Å². The molecule has 0 atom stereocenters. The molecule has 3 nitrogen and oxygen atoms in total. The molecule has 1 amide bonds. The fraction of sp³-hybridized carbons (Fsp3) is 0.143. The number of alkyl halides is 2. The molecular weight excluding hydrogens is 202 g/mol. The van der Waals surface area contributed by atoms with Gasteiger partial charge in [0, 0.05) is 6.20 Å². The number of carbonyl (C=O) groups excluding carboxylic acids is 1. The normalized spacial score (nSPS) is 10.5. The van der Waals surface area contributed by atoms with Crippen LogP contribution in [0, 0.1) is 0 Å². The molecule has 0 aliphatic carbocycles. The topological polar surface area (TPSA) is 56.0 Å². The quantitative estimate of drug-likeness (QED) is 0.802. The summed E-state index contributed by atoms with van der Waals surface area (Å²) < 4.78 is 24.2. The van der Waals surface area contributed by atoms with Gasteiger partial charge in [0.05, 0.1) is 10.6 Å². The number of pyridine rings is 1. The molecule has 2 N–H and O–H groups in total. The molecule has 0 aliphatic heterocycles. The van der Waals surface area contributed by atoms with Crippen LogP contribution in [0.5, 0.6) is 0 Å². The SMILES string of the molecule is NC(=O)c1cnc(C(F)F)c(Cl)c1. The summed E-state index contributed by atoms with van der Waals surface area (Å²) in [5.41, 5.74) is 4.34. The minimum atomic E-state index is -2.76. The molecule has 70 valence electrons. The molecule has 0 unspecified atom stereocenters. The lowest BCUT2D eigenvalue weighted by Crippen LogP contribution is -2.11. The van der Waals surface area contributed by atoms with Crippen LogP contribution in [0.15, 0.2) is 12.3 Å². The third-order valence-corrected chi connectivity index (χ3v) is 1.66. The number of nitrogens with two attached hydrogens (primary N) is 1. The molecule has 13 heavy (non-hydrogen) atoms. The van der Waals surface area contributed by atoms with Crippen molar-refractivity contribution < 1.29 is 13.6 Å². The maximum atomic E-state index is 12.1. The Kier molecular flexibility index (Phi) is 2.77. The van der Waals surface area contributed by atoms with Crippen molar-refractivity contribution in [1.29, 1.82) is 0 Å². The molecule has 0 saturated carbocycles. The first kappa shape index (κ1) is 9.85. The van der Waals surface area contributed by atoms with E-state index in [1.54, 1.807) is 0 Å². The number of hydrogen-bond donors (Lipinski definition) is 1. The van der Waals surface area contributed by atoms with Crippen LogP contribution in [-0.4, -0.2) is 10.9 Å². The average molecular weight is 207 g/mol. The fourth-order valence-electron chi connectivity index (χ4n) is 0.744. The number of primary amides is 1. The zero-order valence-corrected chi connectivity index (χ0v) is 7.05. The second kappa shape index (κ2) is 3.66. The monoisotopic (exact) mass is 206 g/mol. The molecule has 1 aromatic rings. The Morgan fingerprint density at radius 1 is 1.62 bits per heavy atom. The van der Waals surface area contributed by atoms with Crippen molar-refractivity contribution in [2.24, 2.45) is 5.73 Å². The Hall–Kier alpha value is -1.23. The molecule has 0 radical (unpaired) electrons. The second-order valence-electron chi connectivity index (χ2n) is 2.26. The maximum absolute atomic E-state index is 12.1. The summed E-state index contributed by atoms with van der Waals surface area (Å²) in [5, 5.41) is -0.258. The average Bonchev–Trinajstić information content (AvgIpc) is 2.03. The molecule has 1 aromatic heterocycles. The second-order valence-corrected chi connectivity index (χ2v) is 2.66. The predicted octanol–water partition coefficient (Wildman–Crippen LogP) is 1.77. The van der Waals surface area contributed by atoms with Gasteiger partial charge in [0.15, 0.2) is 0 Å². The number of aromatic nitrogens is 1. The van der Waals surface area contributed by atoms with E-state index in [0.717, 1.165) is 12.3 Å². The summed E-state index contributed by atoms with van der Waals surface area (Å²) in [6, 6.07) is 1.07. The van der Waals surface area contributed by atoms with Gasteiger partial charge in [0.1, 0.15) is 5.69 Å². The lowest BCUT2D eigenvalue weighted by Gasteiger charge is -2.02. The van der Waals surface area contributed by atoms with E-state index in [1.165, 1.54) is 0 Å². The molecule has 0 fully saturated rings. The van der Waals surface area contributed by atoms with Crippen LogP contribution in [0.25, 0.3) is 0 Å². The number of amides is 1. The minimum absolute atomic E-state index is 0.00870. The highest BCUT2D eigenvalue weighted by molar-refractivity contribution is 6.31. The van der Waals surface area contributed by atoms with Crippen molar-refractivity contribution in [3.8, 4) is 0 Å². The molecule has 0 aliphatic rings. The van der Waals surface area contributed by atoms with E-state index in [2.05, 4.69) is 4.98 Å². The predicted molar refractivity (Wildman–Crippen MR) is 42.7 cm³/mol. The highest BCUT2D eigenvalue weighted by atomic mass is 35.5. The van der Waals surface area contributed by atoms with Gasteiger partial charge >= 0.3 is 0 Å². The first-order valence-electron chi connectivity index (χ1n) is 3.25. The van der Waals surface area contributed by atoms with Crippen LogP contribution in [-0.2, 0) is 0 Å². The maximum Gasteiger partial charge on any atom is 0.281 e. The Morgan fingerprint density at radius 2 is 2.23 bits per heavy atom. The Labute approximate surface area is 77.5 Å². The van der Waals surface area contributed by atoms with Crippen molar-refractivity contribution in [3.63, 3.8) is 0 Å². The number of hydrogen-bond acceptors (Lipinski definition) is 2. The van der Waals surface area contributed by atoms with Crippen molar-refractivity contribution in [2.45, 2.75) is 6.43 Å². The summed E-state index contributed by atoms with van der Waals surface area (Å²) in [6.45, 7) is 0. The van der Waals surface area contributed by atoms with Crippen LogP contribution >= 0.6 is 11.6 Å². The Bertz CT molecular complexity index is 343. The van der Waals surface area contributed by atoms with E-state index in [9.17, 15) is 13.6 Å². The smallest absolute Gasteiger partial charge is 0.281 e. The van der Waals surface area contributed by atoms with Crippen molar-refractivity contribution in [3.05, 3.63) is 28.5 Å². The summed E-state index contributed by atoms with van der Waals surface area (Å²) in [5.74, 6) is -0.754. The van der Waals surface area contributed by atoms with Gasteiger partial charge in [-0.25, -0.2) is 8.78 Å². The first-order valence-corrected chi connectivity index (χ1v) is 3.63. The van der Waals surface area contributed by atoms with Gasteiger partial charge in [-0.05, 0) is 6.07 Å². The standard InChI is InChI=1S/C7H5ClF2N2O/c8-4-1-3(7(11)13)2-12-5(4)6(9)10/h1-2,6H,(H2,11,13). The summed E-state index contributed by atoms with van der Waals surface area (Å²) in [7, 11) is 0. The largest absolute Gasteiger partial charge is 0.366 e. The van der Waals surface area contributed by atoms with Crippen LogP contribution < -0.4 is 5.73 Å². The van der Waals surface area contributed by atoms with E-state index < -0.39 is 18.0 Å². The molecule has 1 heterocycles. The van der Waals surface area contributed by atoms with Gasteiger partial charge in [0.2, 0.25) is 5.91 Å². The number of halogens is 3. The van der Waals surface area contributed by atoms with Gasteiger partial charge < -0.3 is 5.73 Å². The molecule has 0 saturated heterocycles. The zero-order valence-electron chi connectivity index (χ0n) is 6.30. The highest BCUT2D eigenvalue weighted by Gasteiger charge is 2.14. The van der Waals surface area contributed by atoms with Crippen LogP contribution in [0.1, 0.15) is 22.5 Å². The van der Waals surface area contributed by atoms with Crippen LogP contribution in [0.4, 0.5) is 8.78 Å². The number of nitrogens with zero attached hydrogens (tertiary/aromatic N) is 1. The van der Waals surface area contributed by atoms with Gasteiger partial charge in [-0.2, -0.15) is 0 Å². The molecule has 0 aromatic carbocycles. The molecular formula is C7H5ClF2N2O. The van der Waals surface area contributed by atoms with Crippen molar-refractivity contribution >= 4 is 17.5 Å². The fourth-order valence-corrected chi connectivity index (χ4v) is 0.993. The summed E-state index contributed by atoms with van der Waals surface area (Å²) in [4.78, 5) is 13.9. The number of rotatable bonds is 2. The van der Waals surface area contributed by atoms with E-state index in [1.807, 2.05) is 0 Å². The first-order chi connectivity index (χ1) is 6.02. The van der Waals surface area contributed by atoms with Crippen molar-refractivity contribution in [2.75, 3.05) is 0 Å². The molecule has 6 heteroatoms. The number of carbonyl (C=O) groups is 1. The van der Waals surface area contributed by atoms with E-state index >= 15 is 0 Å². The third kappa shape index (κ3) is 2.12. The molecule has 0 bridgehead atoms. The lowest BCUT2D eigenvalue weighted by molar-refractivity contribution is 0.0999. The van der Waals surface area contributed by atoms with Crippen LogP contribution in [0.3, 0.4) is 0 Å². The van der Waals surface area contributed by atoms with Crippen molar-refractivity contribution in [1.82, 2.24) is 4.98 Å². The van der Waals surface area contributed by atoms with Gasteiger partial charge in [0.25, 0.3) is 6.43 Å². The minimum Gasteiger partial charge on any atom is -0.366 e. The summed E-state index contributed by atoms with van der Waals surface area (Å²) >= 11 is 5.42. The molecule has 1 rings (SSSR count).